The molecule has 1 aromatic heterocycles. The monoisotopic (exact) mass is 392 g/mol. The molecule has 2 aromatic carbocycles. The van der Waals surface area contributed by atoms with Crippen molar-refractivity contribution < 1.29 is 14.7 Å². The highest BCUT2D eigenvalue weighted by Crippen LogP contribution is 2.44. The summed E-state index contributed by atoms with van der Waals surface area (Å²) in [5.74, 6) is -0.957. The van der Waals surface area contributed by atoms with Crippen LogP contribution in [0.3, 0.4) is 0 Å². The number of ketones is 1. The fraction of sp³-hybridized carbons (Fsp3) is 0.136. The van der Waals surface area contributed by atoms with Gasteiger partial charge in [-0.05, 0) is 35.9 Å². The Kier molecular flexibility index (Phi) is 4.71. The summed E-state index contributed by atoms with van der Waals surface area (Å²) < 4.78 is 0. The molecule has 0 spiro atoms. The summed E-state index contributed by atoms with van der Waals surface area (Å²) >= 11 is 6.12. The van der Waals surface area contributed by atoms with E-state index < -0.39 is 23.7 Å². The maximum atomic E-state index is 13.2. The highest BCUT2D eigenvalue weighted by Gasteiger charge is 2.51. The molecule has 0 aliphatic carbocycles. The van der Waals surface area contributed by atoms with Gasteiger partial charge in [-0.3, -0.25) is 14.6 Å². The molecule has 28 heavy (non-hydrogen) atoms. The van der Waals surface area contributed by atoms with Crippen LogP contribution in [-0.2, 0) is 16.9 Å². The molecule has 4 rings (SSSR count). The van der Waals surface area contributed by atoms with E-state index >= 15 is 0 Å². The Morgan fingerprint density at radius 3 is 2.54 bits per heavy atom. The third-order valence-corrected chi connectivity index (χ3v) is 5.08. The van der Waals surface area contributed by atoms with Gasteiger partial charge in [-0.25, -0.2) is 0 Å². The van der Waals surface area contributed by atoms with Crippen molar-refractivity contribution >= 4 is 29.0 Å². The van der Waals surface area contributed by atoms with Gasteiger partial charge in [0.25, 0.3) is 5.91 Å². The number of anilines is 1. The second kappa shape index (κ2) is 7.19. The third-order valence-electron chi connectivity index (χ3n) is 4.84. The summed E-state index contributed by atoms with van der Waals surface area (Å²) in [6, 6.07) is 19.3. The lowest BCUT2D eigenvalue weighted by Gasteiger charge is -2.22. The molecule has 140 valence electrons. The van der Waals surface area contributed by atoms with Crippen LogP contribution in [0.5, 0.6) is 0 Å². The first-order chi connectivity index (χ1) is 13.5. The topological polar surface area (TPSA) is 70.5 Å². The molecule has 1 amide bonds. The zero-order valence-corrected chi connectivity index (χ0v) is 15.6. The number of rotatable bonds is 5. The molecular formula is C22H17ClN2O3. The number of hydrogen-bond acceptors (Lipinski definition) is 4. The minimum Gasteiger partial charge on any atom is -0.375 e. The van der Waals surface area contributed by atoms with E-state index in [0.29, 0.717) is 16.3 Å². The summed E-state index contributed by atoms with van der Waals surface area (Å²) in [6.45, 7) is 0.286. The van der Waals surface area contributed by atoms with Crippen LogP contribution >= 0.6 is 11.6 Å². The van der Waals surface area contributed by atoms with Crippen LogP contribution < -0.4 is 4.90 Å². The van der Waals surface area contributed by atoms with Gasteiger partial charge in [-0.15, -0.1) is 0 Å². The Morgan fingerprint density at radius 1 is 1.07 bits per heavy atom. The van der Waals surface area contributed by atoms with Crippen LogP contribution in [0.15, 0.2) is 72.9 Å². The van der Waals surface area contributed by atoms with Crippen LogP contribution in [0.4, 0.5) is 5.69 Å². The van der Waals surface area contributed by atoms with Gasteiger partial charge in [0.05, 0.1) is 18.7 Å². The normalized spacial score (nSPS) is 18.2. The van der Waals surface area contributed by atoms with Crippen LogP contribution in [-0.4, -0.2) is 21.8 Å². The number of benzene rings is 2. The summed E-state index contributed by atoms with van der Waals surface area (Å²) in [5.41, 5.74) is 0.0227. The molecule has 0 unspecified atom stereocenters. The highest BCUT2D eigenvalue weighted by atomic mass is 35.5. The zero-order valence-electron chi connectivity index (χ0n) is 14.9. The van der Waals surface area contributed by atoms with Crippen molar-refractivity contribution in [1.29, 1.82) is 0 Å². The van der Waals surface area contributed by atoms with Crippen LogP contribution in [0.2, 0.25) is 5.02 Å². The molecule has 0 saturated carbocycles. The Hall–Kier alpha value is -3.02. The molecule has 1 N–H and O–H groups in total. The SMILES string of the molecule is O=C(C[C@]1(O)C(=O)N(Cc2ccccc2)c2ccc(Cl)cc21)c1ccccn1. The lowest BCUT2D eigenvalue weighted by Crippen LogP contribution is -2.41. The van der Waals surface area contributed by atoms with Crippen LogP contribution in [0.1, 0.15) is 28.0 Å². The lowest BCUT2D eigenvalue weighted by atomic mass is 9.89. The number of Topliss-reactive ketones (excluding diaryl/α,β-unsaturated/α-hetero) is 1. The number of halogens is 1. The Labute approximate surface area is 167 Å². The predicted octanol–water partition coefficient (Wildman–Crippen LogP) is 3.74. The van der Waals surface area contributed by atoms with Crippen molar-refractivity contribution in [1.82, 2.24) is 4.98 Å². The van der Waals surface area contributed by atoms with Gasteiger partial charge in [-0.2, -0.15) is 0 Å². The molecular weight excluding hydrogens is 376 g/mol. The highest BCUT2D eigenvalue weighted by molar-refractivity contribution is 6.31. The molecule has 0 fully saturated rings. The number of hydrogen-bond donors (Lipinski definition) is 1. The number of nitrogens with zero attached hydrogens (tertiary/aromatic N) is 2. The van der Waals surface area contributed by atoms with Crippen molar-refractivity contribution in [3.63, 3.8) is 0 Å². The summed E-state index contributed by atoms with van der Waals surface area (Å²) in [6.07, 6.45) is 1.10. The van der Waals surface area contributed by atoms with Crippen molar-refractivity contribution in [2.24, 2.45) is 0 Å². The summed E-state index contributed by atoms with van der Waals surface area (Å²) in [5, 5.41) is 11.7. The molecule has 0 radical (unpaired) electrons. The maximum Gasteiger partial charge on any atom is 0.264 e. The minimum atomic E-state index is -1.98. The number of fused-ring (bicyclic) bond motifs is 1. The van der Waals surface area contributed by atoms with E-state index in [9.17, 15) is 14.7 Å². The van der Waals surface area contributed by atoms with Gasteiger partial charge in [0.1, 0.15) is 5.69 Å². The van der Waals surface area contributed by atoms with Gasteiger partial charge < -0.3 is 10.0 Å². The number of aliphatic hydroxyl groups is 1. The predicted molar refractivity (Wildman–Crippen MR) is 106 cm³/mol. The molecule has 1 atom stereocenters. The first-order valence-electron chi connectivity index (χ1n) is 8.81. The van der Waals surface area contributed by atoms with E-state index in [2.05, 4.69) is 4.98 Å². The van der Waals surface area contributed by atoms with Gasteiger partial charge in [-0.1, -0.05) is 48.0 Å². The first-order valence-corrected chi connectivity index (χ1v) is 9.19. The number of aromatic nitrogens is 1. The molecule has 0 bridgehead atoms. The quantitative estimate of drug-likeness (QED) is 0.671. The largest absolute Gasteiger partial charge is 0.375 e. The van der Waals surface area contributed by atoms with Gasteiger partial charge in [0, 0.05) is 16.8 Å². The molecule has 6 heteroatoms. The fourth-order valence-electron chi connectivity index (χ4n) is 3.47. The van der Waals surface area contributed by atoms with E-state index in [1.807, 2.05) is 30.3 Å². The van der Waals surface area contributed by atoms with E-state index in [4.69, 9.17) is 11.6 Å². The average Bonchev–Trinajstić information content (AvgIpc) is 2.91. The summed E-state index contributed by atoms with van der Waals surface area (Å²) in [7, 11) is 0. The van der Waals surface area contributed by atoms with E-state index in [0.717, 1.165) is 5.56 Å². The lowest BCUT2D eigenvalue weighted by molar-refractivity contribution is -0.136. The Balaban J connectivity index is 1.72. The van der Waals surface area contributed by atoms with Gasteiger partial charge in [0.2, 0.25) is 0 Å². The molecule has 5 nitrogen and oxygen atoms in total. The fourth-order valence-corrected chi connectivity index (χ4v) is 3.64. The molecule has 1 aliphatic rings. The minimum absolute atomic E-state index is 0.203. The number of pyridine rings is 1. The Morgan fingerprint density at radius 2 is 1.82 bits per heavy atom. The van der Waals surface area contributed by atoms with E-state index in [1.54, 1.807) is 36.4 Å². The number of carbonyl (C=O) groups excluding carboxylic acids is 2. The number of carbonyl (C=O) groups is 2. The average molecular weight is 393 g/mol. The van der Waals surface area contributed by atoms with Crippen LogP contribution in [0, 0.1) is 0 Å². The van der Waals surface area contributed by atoms with Gasteiger partial charge in [0.15, 0.2) is 11.4 Å². The van der Waals surface area contributed by atoms with Crippen molar-refractivity contribution in [3.8, 4) is 0 Å². The van der Waals surface area contributed by atoms with E-state index in [1.165, 1.54) is 11.1 Å². The maximum absolute atomic E-state index is 13.2. The summed E-state index contributed by atoms with van der Waals surface area (Å²) in [4.78, 5) is 31.4. The van der Waals surface area contributed by atoms with Crippen molar-refractivity contribution in [2.75, 3.05) is 4.90 Å². The molecule has 1 aliphatic heterocycles. The molecule has 0 saturated heterocycles. The van der Waals surface area contributed by atoms with E-state index in [-0.39, 0.29) is 12.2 Å². The first kappa shape index (κ1) is 18.3. The standard InChI is InChI=1S/C22H17ClN2O3/c23-16-9-10-19-17(12-16)22(28,13-20(26)18-8-4-5-11-24-18)21(27)25(19)14-15-6-2-1-3-7-15/h1-12,28H,13-14H2/t22-/m1/s1. The van der Waals surface area contributed by atoms with Crippen molar-refractivity contribution in [3.05, 3.63) is 94.8 Å². The van der Waals surface area contributed by atoms with Crippen molar-refractivity contribution in [2.45, 2.75) is 18.6 Å². The smallest absolute Gasteiger partial charge is 0.264 e. The zero-order chi connectivity index (χ0) is 19.7. The second-order valence-electron chi connectivity index (χ2n) is 6.71. The van der Waals surface area contributed by atoms with Gasteiger partial charge >= 0.3 is 0 Å². The van der Waals surface area contributed by atoms with Crippen LogP contribution in [0.25, 0.3) is 0 Å². The molecule has 3 aromatic rings. The Bertz CT molecular complexity index is 1040. The third kappa shape index (κ3) is 3.19. The number of amides is 1. The molecule has 2 heterocycles. The second-order valence-corrected chi connectivity index (χ2v) is 7.15.